The van der Waals surface area contributed by atoms with Gasteiger partial charge in [-0.05, 0) is 49.2 Å². The average molecular weight is 271 g/mol. The lowest BCUT2D eigenvalue weighted by atomic mass is 10.2. The molecular weight excluding hydrogens is 250 g/mol. The van der Waals surface area contributed by atoms with Crippen LogP contribution in [0.5, 0.6) is 5.75 Å². The second kappa shape index (κ2) is 6.96. The van der Waals surface area contributed by atoms with Crippen molar-refractivity contribution >= 4 is 5.69 Å². The minimum absolute atomic E-state index is 0.0627. The molecule has 2 N–H and O–H groups in total. The Hall–Kier alpha value is -2.00. The largest absolute Gasteiger partial charge is 0.491 e. The molecule has 0 bridgehead atoms. The number of anilines is 1. The van der Waals surface area contributed by atoms with Crippen LogP contribution in [0.1, 0.15) is 25.0 Å². The van der Waals surface area contributed by atoms with Gasteiger partial charge in [-0.1, -0.05) is 24.3 Å². The molecule has 0 aliphatic heterocycles. The predicted octanol–water partition coefficient (Wildman–Crippen LogP) is 3.58. The third-order valence-electron chi connectivity index (χ3n) is 2.88. The first-order valence-corrected chi connectivity index (χ1v) is 6.86. The fourth-order valence-electron chi connectivity index (χ4n) is 1.98. The lowest BCUT2D eigenvalue weighted by molar-refractivity contribution is 0.242. The smallest absolute Gasteiger partial charge is 0.120 e. The topological polar surface area (TPSA) is 41.5 Å². The molecule has 0 saturated carbocycles. The summed E-state index contributed by atoms with van der Waals surface area (Å²) in [5.41, 5.74) is 3.08. The summed E-state index contributed by atoms with van der Waals surface area (Å²) in [5, 5.41) is 12.5. The number of nitrogens with one attached hydrogen (secondary N) is 1. The highest BCUT2D eigenvalue weighted by Crippen LogP contribution is 2.17. The summed E-state index contributed by atoms with van der Waals surface area (Å²) in [7, 11) is 0. The van der Waals surface area contributed by atoms with Crippen LogP contribution in [0.4, 0.5) is 5.69 Å². The number of benzene rings is 2. The molecule has 2 rings (SSSR count). The number of ether oxygens (including phenoxy) is 1. The van der Waals surface area contributed by atoms with E-state index in [2.05, 4.69) is 11.4 Å². The maximum absolute atomic E-state index is 9.12. The van der Waals surface area contributed by atoms with Crippen molar-refractivity contribution in [1.82, 2.24) is 0 Å². The van der Waals surface area contributed by atoms with Gasteiger partial charge < -0.3 is 15.2 Å². The quantitative estimate of drug-likeness (QED) is 0.843. The van der Waals surface area contributed by atoms with Gasteiger partial charge in [-0.15, -0.1) is 0 Å². The van der Waals surface area contributed by atoms with Crippen LogP contribution in [-0.4, -0.2) is 11.2 Å². The minimum atomic E-state index is 0.0627. The van der Waals surface area contributed by atoms with E-state index in [1.165, 1.54) is 0 Å². The van der Waals surface area contributed by atoms with Crippen molar-refractivity contribution in [2.75, 3.05) is 5.32 Å². The first-order valence-electron chi connectivity index (χ1n) is 6.86. The van der Waals surface area contributed by atoms with E-state index in [1.807, 2.05) is 56.3 Å². The Labute approximate surface area is 120 Å². The van der Waals surface area contributed by atoms with E-state index in [1.54, 1.807) is 0 Å². The van der Waals surface area contributed by atoms with Crippen molar-refractivity contribution < 1.29 is 9.84 Å². The van der Waals surface area contributed by atoms with Crippen molar-refractivity contribution in [1.29, 1.82) is 0 Å². The zero-order valence-electron chi connectivity index (χ0n) is 12.0. The number of aliphatic hydroxyl groups excluding tert-OH is 1. The Morgan fingerprint density at radius 2 is 1.80 bits per heavy atom. The van der Waals surface area contributed by atoms with Crippen LogP contribution in [0.25, 0.3) is 0 Å². The Morgan fingerprint density at radius 3 is 2.55 bits per heavy atom. The van der Waals surface area contributed by atoms with Gasteiger partial charge in [-0.3, -0.25) is 0 Å². The Morgan fingerprint density at radius 1 is 1.05 bits per heavy atom. The standard InChI is InChI=1S/C17H21NO2/c1-13(2)20-17-8-4-5-14(10-17)11-18-16-7-3-6-15(9-16)12-19/h3-10,13,18-19H,11-12H2,1-2H3. The summed E-state index contributed by atoms with van der Waals surface area (Å²) in [6.45, 7) is 4.83. The van der Waals surface area contributed by atoms with E-state index >= 15 is 0 Å². The summed E-state index contributed by atoms with van der Waals surface area (Å²) in [6.07, 6.45) is 0.180. The second-order valence-electron chi connectivity index (χ2n) is 5.03. The predicted molar refractivity (Wildman–Crippen MR) is 81.9 cm³/mol. The SMILES string of the molecule is CC(C)Oc1cccc(CNc2cccc(CO)c2)c1. The Bertz CT molecular complexity index is 552. The zero-order chi connectivity index (χ0) is 14.4. The highest BCUT2D eigenvalue weighted by Gasteiger charge is 2.00. The number of hydrogen-bond acceptors (Lipinski definition) is 3. The van der Waals surface area contributed by atoms with Gasteiger partial charge in [0.25, 0.3) is 0 Å². The fraction of sp³-hybridized carbons (Fsp3) is 0.294. The van der Waals surface area contributed by atoms with Crippen LogP contribution < -0.4 is 10.1 Å². The second-order valence-corrected chi connectivity index (χ2v) is 5.03. The molecule has 0 aliphatic carbocycles. The molecule has 0 spiro atoms. The van der Waals surface area contributed by atoms with Gasteiger partial charge in [0.05, 0.1) is 12.7 Å². The van der Waals surface area contributed by atoms with E-state index in [0.29, 0.717) is 0 Å². The maximum Gasteiger partial charge on any atom is 0.120 e. The van der Waals surface area contributed by atoms with Crippen LogP contribution in [0.3, 0.4) is 0 Å². The van der Waals surface area contributed by atoms with E-state index in [-0.39, 0.29) is 12.7 Å². The Balaban J connectivity index is 1.99. The van der Waals surface area contributed by atoms with Gasteiger partial charge in [0.15, 0.2) is 0 Å². The monoisotopic (exact) mass is 271 g/mol. The summed E-state index contributed by atoms with van der Waals surface area (Å²) in [4.78, 5) is 0. The Kier molecular flexibility index (Phi) is 5.02. The van der Waals surface area contributed by atoms with E-state index < -0.39 is 0 Å². The molecule has 0 saturated heterocycles. The molecule has 0 aromatic heterocycles. The summed E-state index contributed by atoms with van der Waals surface area (Å²) < 4.78 is 5.68. The van der Waals surface area contributed by atoms with Crippen molar-refractivity contribution in [3.8, 4) is 5.75 Å². The number of rotatable bonds is 6. The third-order valence-corrected chi connectivity index (χ3v) is 2.88. The number of aliphatic hydroxyl groups is 1. The molecule has 3 nitrogen and oxygen atoms in total. The maximum atomic E-state index is 9.12. The van der Waals surface area contributed by atoms with E-state index in [4.69, 9.17) is 9.84 Å². The lowest BCUT2D eigenvalue weighted by Crippen LogP contribution is -2.06. The molecule has 0 unspecified atom stereocenters. The first kappa shape index (κ1) is 14.4. The van der Waals surface area contributed by atoms with Crippen LogP contribution in [-0.2, 0) is 13.2 Å². The fourth-order valence-corrected chi connectivity index (χ4v) is 1.98. The molecule has 0 radical (unpaired) electrons. The van der Waals surface area contributed by atoms with Crippen LogP contribution in [0.15, 0.2) is 48.5 Å². The van der Waals surface area contributed by atoms with Crippen molar-refractivity contribution in [3.63, 3.8) is 0 Å². The van der Waals surface area contributed by atoms with E-state index in [9.17, 15) is 0 Å². The highest BCUT2D eigenvalue weighted by atomic mass is 16.5. The normalized spacial score (nSPS) is 10.6. The van der Waals surface area contributed by atoms with Crippen molar-refractivity contribution in [2.24, 2.45) is 0 Å². The highest BCUT2D eigenvalue weighted by molar-refractivity contribution is 5.46. The minimum Gasteiger partial charge on any atom is -0.491 e. The molecule has 0 heterocycles. The zero-order valence-corrected chi connectivity index (χ0v) is 12.0. The van der Waals surface area contributed by atoms with Gasteiger partial charge in [0, 0.05) is 12.2 Å². The summed E-state index contributed by atoms with van der Waals surface area (Å²) >= 11 is 0. The average Bonchev–Trinajstić information content (AvgIpc) is 2.45. The van der Waals surface area contributed by atoms with Crippen LogP contribution in [0, 0.1) is 0 Å². The molecule has 20 heavy (non-hydrogen) atoms. The van der Waals surface area contributed by atoms with E-state index in [0.717, 1.165) is 29.1 Å². The van der Waals surface area contributed by atoms with Gasteiger partial charge in [0.2, 0.25) is 0 Å². The van der Waals surface area contributed by atoms with Crippen LogP contribution >= 0.6 is 0 Å². The molecule has 3 heteroatoms. The van der Waals surface area contributed by atoms with Crippen molar-refractivity contribution in [2.45, 2.75) is 33.1 Å². The molecule has 0 fully saturated rings. The molecule has 2 aromatic rings. The first-order chi connectivity index (χ1) is 9.67. The van der Waals surface area contributed by atoms with Gasteiger partial charge in [-0.25, -0.2) is 0 Å². The number of hydrogen-bond donors (Lipinski definition) is 2. The molecule has 0 amide bonds. The molecule has 0 atom stereocenters. The van der Waals surface area contributed by atoms with Gasteiger partial charge in [0.1, 0.15) is 5.75 Å². The molecule has 0 aliphatic rings. The van der Waals surface area contributed by atoms with Gasteiger partial charge in [-0.2, -0.15) is 0 Å². The van der Waals surface area contributed by atoms with Gasteiger partial charge >= 0.3 is 0 Å². The lowest BCUT2D eigenvalue weighted by Gasteiger charge is -2.12. The molecular formula is C17H21NO2. The molecule has 2 aromatic carbocycles. The van der Waals surface area contributed by atoms with Crippen LogP contribution in [0.2, 0.25) is 0 Å². The van der Waals surface area contributed by atoms with Crippen molar-refractivity contribution in [3.05, 3.63) is 59.7 Å². The third kappa shape index (κ3) is 4.28. The summed E-state index contributed by atoms with van der Waals surface area (Å²) in [6, 6.07) is 15.9. The summed E-state index contributed by atoms with van der Waals surface area (Å²) in [5.74, 6) is 0.892. The molecule has 106 valence electrons.